The summed E-state index contributed by atoms with van der Waals surface area (Å²) in [5.74, 6) is -0.145. The van der Waals surface area contributed by atoms with Crippen LogP contribution in [0.25, 0.3) is 0 Å². The lowest BCUT2D eigenvalue weighted by Crippen LogP contribution is -2.48. The van der Waals surface area contributed by atoms with Crippen LogP contribution in [-0.2, 0) is 14.3 Å². The maximum Gasteiger partial charge on any atom is 0.227 e. The molecule has 1 aliphatic rings. The van der Waals surface area contributed by atoms with Crippen molar-refractivity contribution < 1.29 is 14.3 Å². The fourth-order valence-corrected chi connectivity index (χ4v) is 1.37. The molecule has 4 heteroatoms. The molecule has 1 N–H and O–H groups in total. The molecule has 1 amide bonds. The Morgan fingerprint density at radius 3 is 2.77 bits per heavy atom. The highest BCUT2D eigenvalue weighted by atomic mass is 16.5. The largest absolute Gasteiger partial charge is 0.385 e. The number of Topliss-reactive ketones (excluding diaryl/α,β-unsaturated/α-hetero) is 1. The molecule has 1 fully saturated rings. The summed E-state index contributed by atoms with van der Waals surface area (Å²) in [5.41, 5.74) is -0.427. The third-order valence-electron chi connectivity index (χ3n) is 2.53. The number of piperidine rings is 1. The third-order valence-corrected chi connectivity index (χ3v) is 2.53. The zero-order valence-corrected chi connectivity index (χ0v) is 8.05. The molecule has 1 saturated heterocycles. The second-order valence-corrected chi connectivity index (χ2v) is 3.68. The van der Waals surface area contributed by atoms with E-state index in [4.69, 9.17) is 4.74 Å². The molecule has 1 rings (SSSR count). The summed E-state index contributed by atoms with van der Waals surface area (Å²) < 4.78 is 4.92. The van der Waals surface area contributed by atoms with Gasteiger partial charge in [0.05, 0.1) is 6.42 Å². The van der Waals surface area contributed by atoms with Crippen LogP contribution in [-0.4, -0.2) is 32.0 Å². The van der Waals surface area contributed by atoms with Gasteiger partial charge in [-0.1, -0.05) is 6.92 Å². The molecule has 0 aliphatic carbocycles. The average molecular weight is 185 g/mol. The van der Waals surface area contributed by atoms with Gasteiger partial charge in [-0.15, -0.1) is 0 Å². The van der Waals surface area contributed by atoms with E-state index in [1.165, 1.54) is 0 Å². The number of ether oxygens (including phenoxy) is 1. The molecule has 1 unspecified atom stereocenters. The van der Waals surface area contributed by atoms with Crippen LogP contribution in [0.5, 0.6) is 0 Å². The normalized spacial score (nSPS) is 28.8. The summed E-state index contributed by atoms with van der Waals surface area (Å²) in [7, 11) is 1.61. The summed E-state index contributed by atoms with van der Waals surface area (Å²) in [6, 6.07) is 0. The number of nitrogens with one attached hydrogen (secondary N) is 1. The van der Waals surface area contributed by atoms with Crippen LogP contribution in [0, 0.1) is 5.41 Å². The van der Waals surface area contributed by atoms with E-state index in [9.17, 15) is 9.59 Å². The Morgan fingerprint density at radius 2 is 2.23 bits per heavy atom. The molecule has 0 bridgehead atoms. The lowest BCUT2D eigenvalue weighted by atomic mass is 9.79. The van der Waals surface area contributed by atoms with Crippen LogP contribution in [0.1, 0.15) is 19.8 Å². The van der Waals surface area contributed by atoms with Gasteiger partial charge in [0, 0.05) is 25.7 Å². The number of methoxy groups -OCH3 is 1. The molecule has 0 spiro atoms. The molecule has 0 radical (unpaired) electrons. The van der Waals surface area contributed by atoms with Gasteiger partial charge in [-0.05, 0) is 6.42 Å². The van der Waals surface area contributed by atoms with Gasteiger partial charge in [-0.3, -0.25) is 9.59 Å². The van der Waals surface area contributed by atoms with Gasteiger partial charge in [0.2, 0.25) is 5.91 Å². The van der Waals surface area contributed by atoms with Crippen molar-refractivity contribution in [2.45, 2.75) is 19.8 Å². The summed E-state index contributed by atoms with van der Waals surface area (Å²) in [6.07, 6.45) is 0.683. The molecule has 13 heavy (non-hydrogen) atoms. The van der Waals surface area contributed by atoms with Gasteiger partial charge < -0.3 is 10.1 Å². The fourth-order valence-electron chi connectivity index (χ4n) is 1.37. The van der Waals surface area contributed by atoms with E-state index in [0.29, 0.717) is 19.6 Å². The first kappa shape index (κ1) is 10.2. The number of ketones is 1. The second-order valence-electron chi connectivity index (χ2n) is 3.68. The monoisotopic (exact) mass is 185 g/mol. The highest BCUT2D eigenvalue weighted by Gasteiger charge is 2.37. The smallest absolute Gasteiger partial charge is 0.227 e. The second kappa shape index (κ2) is 3.87. The third kappa shape index (κ3) is 2.28. The predicted molar refractivity (Wildman–Crippen MR) is 47.2 cm³/mol. The predicted octanol–water partition coefficient (Wildman–Crippen LogP) is 0.118. The van der Waals surface area contributed by atoms with Crippen molar-refractivity contribution in [2.75, 3.05) is 20.3 Å². The highest BCUT2D eigenvalue weighted by Crippen LogP contribution is 2.26. The first-order valence-corrected chi connectivity index (χ1v) is 4.37. The first-order valence-electron chi connectivity index (χ1n) is 4.37. The van der Waals surface area contributed by atoms with Crippen molar-refractivity contribution >= 4 is 11.7 Å². The van der Waals surface area contributed by atoms with E-state index in [1.54, 1.807) is 7.11 Å². The molecule has 4 nitrogen and oxygen atoms in total. The number of hydrogen-bond donors (Lipinski definition) is 1. The van der Waals surface area contributed by atoms with Gasteiger partial charge in [-0.25, -0.2) is 0 Å². The van der Waals surface area contributed by atoms with Crippen LogP contribution >= 0.6 is 0 Å². The Hall–Kier alpha value is -0.900. The van der Waals surface area contributed by atoms with E-state index < -0.39 is 5.41 Å². The van der Waals surface area contributed by atoms with Crippen LogP contribution in [0.3, 0.4) is 0 Å². The number of carbonyl (C=O) groups excluding carboxylic acids is 2. The van der Waals surface area contributed by atoms with Crippen LogP contribution in [0.4, 0.5) is 0 Å². The Balaban J connectivity index is 2.56. The minimum atomic E-state index is -0.427. The van der Waals surface area contributed by atoms with E-state index in [2.05, 4.69) is 5.32 Å². The van der Waals surface area contributed by atoms with Crippen LogP contribution < -0.4 is 5.32 Å². The lowest BCUT2D eigenvalue weighted by Gasteiger charge is -2.31. The highest BCUT2D eigenvalue weighted by molar-refractivity contribution is 6.03. The molecular formula is C9H15NO3. The average Bonchev–Trinajstić information content (AvgIpc) is 2.09. The maximum absolute atomic E-state index is 11.5. The number of carbonyl (C=O) groups is 2. The minimum absolute atomic E-state index is 0.0141. The van der Waals surface area contributed by atoms with Crippen molar-refractivity contribution in [2.24, 2.45) is 5.41 Å². The van der Waals surface area contributed by atoms with E-state index in [0.717, 1.165) is 0 Å². The number of rotatable bonds is 3. The van der Waals surface area contributed by atoms with Gasteiger partial charge in [0.25, 0.3) is 0 Å². The Bertz CT molecular complexity index is 227. The maximum atomic E-state index is 11.5. The summed E-state index contributed by atoms with van der Waals surface area (Å²) in [6.45, 7) is 2.86. The molecular weight excluding hydrogens is 170 g/mol. The fraction of sp³-hybridized carbons (Fsp3) is 0.778. The number of hydrogen-bond acceptors (Lipinski definition) is 3. The Labute approximate surface area is 77.6 Å². The molecule has 0 aromatic rings. The topological polar surface area (TPSA) is 55.4 Å². The van der Waals surface area contributed by atoms with Gasteiger partial charge in [0.1, 0.15) is 5.78 Å². The molecule has 0 aromatic heterocycles. The summed E-state index contributed by atoms with van der Waals surface area (Å²) in [4.78, 5) is 22.4. The number of amides is 1. The zero-order valence-electron chi connectivity index (χ0n) is 8.05. The quantitative estimate of drug-likeness (QED) is 0.635. The van der Waals surface area contributed by atoms with E-state index in [-0.39, 0.29) is 18.1 Å². The van der Waals surface area contributed by atoms with Gasteiger partial charge in [-0.2, -0.15) is 0 Å². The van der Waals surface area contributed by atoms with Crippen LogP contribution in [0.2, 0.25) is 0 Å². The minimum Gasteiger partial charge on any atom is -0.385 e. The Morgan fingerprint density at radius 1 is 1.54 bits per heavy atom. The molecule has 1 aliphatic heterocycles. The molecule has 1 heterocycles. The molecule has 74 valence electrons. The van der Waals surface area contributed by atoms with E-state index in [1.807, 2.05) is 6.92 Å². The SMILES string of the molecule is COCCC1(C)CNC(=O)CC1=O. The lowest BCUT2D eigenvalue weighted by molar-refractivity contribution is -0.138. The van der Waals surface area contributed by atoms with Crippen molar-refractivity contribution in [3.05, 3.63) is 0 Å². The van der Waals surface area contributed by atoms with Crippen molar-refractivity contribution in [1.29, 1.82) is 0 Å². The van der Waals surface area contributed by atoms with Crippen LogP contribution in [0.15, 0.2) is 0 Å². The van der Waals surface area contributed by atoms with Gasteiger partial charge >= 0.3 is 0 Å². The molecule has 0 saturated carbocycles. The molecule has 1 atom stereocenters. The van der Waals surface area contributed by atoms with E-state index >= 15 is 0 Å². The van der Waals surface area contributed by atoms with Crippen molar-refractivity contribution in [3.8, 4) is 0 Å². The standard InChI is InChI=1S/C9H15NO3/c1-9(3-4-13-2)6-10-8(12)5-7(9)11/h3-6H2,1-2H3,(H,10,12). The summed E-state index contributed by atoms with van der Waals surface area (Å²) >= 11 is 0. The first-order chi connectivity index (χ1) is 6.08. The van der Waals surface area contributed by atoms with Gasteiger partial charge in [0.15, 0.2) is 0 Å². The molecule has 0 aromatic carbocycles. The summed E-state index contributed by atoms with van der Waals surface area (Å²) in [5, 5.41) is 2.70. The zero-order chi connectivity index (χ0) is 9.90. The van der Waals surface area contributed by atoms with Crippen molar-refractivity contribution in [3.63, 3.8) is 0 Å². The van der Waals surface area contributed by atoms with Crippen molar-refractivity contribution in [1.82, 2.24) is 5.32 Å². The Kier molecular flexibility index (Phi) is 3.03.